The van der Waals surface area contributed by atoms with E-state index in [-0.39, 0.29) is 5.82 Å². The minimum absolute atomic E-state index is 0.249. The molecule has 0 bridgehead atoms. The molecule has 182 valence electrons. The second-order valence-electron chi connectivity index (χ2n) is 8.62. The van der Waals surface area contributed by atoms with E-state index in [2.05, 4.69) is 21.8 Å². The molecule has 1 aliphatic carbocycles. The Morgan fingerprint density at radius 2 is 1.97 bits per heavy atom. The van der Waals surface area contributed by atoms with Gasteiger partial charge in [-0.05, 0) is 67.8 Å². The number of amides is 1. The van der Waals surface area contributed by atoms with Gasteiger partial charge in [0, 0.05) is 24.2 Å². The normalized spacial score (nSPS) is 17.7. The molecule has 1 saturated carbocycles. The molecule has 0 spiro atoms. The number of hydrogen-bond acceptors (Lipinski definition) is 5. The molecule has 1 fully saturated rings. The monoisotopic (exact) mass is 477 g/mol. The number of rotatable bonds is 13. The number of carbonyl (C=O) groups is 2. The molecule has 0 radical (unpaired) electrons. The summed E-state index contributed by atoms with van der Waals surface area (Å²) < 4.78 is 14.8. The van der Waals surface area contributed by atoms with E-state index in [1.54, 1.807) is 41.3 Å². The first-order chi connectivity index (χ1) is 17.0. The first kappa shape index (κ1) is 24.3. The Kier molecular flexibility index (Phi) is 7.67. The second kappa shape index (κ2) is 11.1. The zero-order valence-corrected chi connectivity index (χ0v) is 19.3. The van der Waals surface area contributed by atoms with Gasteiger partial charge in [-0.3, -0.25) is 9.69 Å². The lowest BCUT2D eigenvalue weighted by atomic mass is 10.1. The van der Waals surface area contributed by atoms with Gasteiger partial charge in [0.2, 0.25) is 6.41 Å². The van der Waals surface area contributed by atoms with E-state index in [9.17, 15) is 19.1 Å². The number of carbonyl (C=O) groups excluding carboxylic acids is 1. The molecular formula is C26H28FN5O3. The fraction of sp³-hybridized carbons (Fsp3) is 0.308. The maximum Gasteiger partial charge on any atom is 0.326 e. The van der Waals surface area contributed by atoms with Crippen molar-refractivity contribution in [3.63, 3.8) is 0 Å². The van der Waals surface area contributed by atoms with Gasteiger partial charge < -0.3 is 10.0 Å². The van der Waals surface area contributed by atoms with E-state index >= 15 is 0 Å². The lowest BCUT2D eigenvalue weighted by Gasteiger charge is -2.27. The van der Waals surface area contributed by atoms with E-state index in [1.807, 2.05) is 18.2 Å². The van der Waals surface area contributed by atoms with Crippen LogP contribution in [0.15, 0.2) is 73.6 Å². The van der Waals surface area contributed by atoms with Gasteiger partial charge in [0.15, 0.2) is 0 Å². The first-order valence-corrected chi connectivity index (χ1v) is 11.6. The van der Waals surface area contributed by atoms with Crippen LogP contribution in [0.4, 0.5) is 10.1 Å². The number of anilines is 1. The zero-order valence-electron chi connectivity index (χ0n) is 19.3. The van der Waals surface area contributed by atoms with E-state index in [4.69, 9.17) is 0 Å². The van der Waals surface area contributed by atoms with Gasteiger partial charge in [-0.25, -0.2) is 13.9 Å². The largest absolute Gasteiger partial charge is 0.480 e. The van der Waals surface area contributed by atoms with Gasteiger partial charge in [-0.15, -0.1) is 11.7 Å². The van der Waals surface area contributed by atoms with Crippen molar-refractivity contribution in [2.75, 3.05) is 18.0 Å². The van der Waals surface area contributed by atoms with Crippen molar-refractivity contribution in [3.05, 3.63) is 85.0 Å². The first-order valence-electron chi connectivity index (χ1n) is 11.6. The van der Waals surface area contributed by atoms with E-state index in [0.29, 0.717) is 50.0 Å². The molecule has 1 N–H and O–H groups in total. The molecule has 3 aromatic rings. The zero-order chi connectivity index (χ0) is 24.8. The average Bonchev–Trinajstić information content (AvgIpc) is 3.46. The number of nitrogens with zero attached hydrogens (tertiary/aromatic N) is 5. The molecule has 1 heterocycles. The fourth-order valence-electron chi connectivity index (χ4n) is 4.52. The number of halogens is 1. The number of carboxylic acid groups (broad SMARTS) is 1. The van der Waals surface area contributed by atoms with E-state index < -0.39 is 12.0 Å². The summed E-state index contributed by atoms with van der Waals surface area (Å²) >= 11 is 0. The smallest absolute Gasteiger partial charge is 0.326 e. The highest BCUT2D eigenvalue weighted by atomic mass is 19.1. The molecule has 0 aliphatic heterocycles. The summed E-state index contributed by atoms with van der Waals surface area (Å²) in [7, 11) is 0. The van der Waals surface area contributed by atoms with Crippen molar-refractivity contribution in [2.24, 2.45) is 0 Å². The molecule has 4 rings (SSSR count). The van der Waals surface area contributed by atoms with Crippen molar-refractivity contribution in [1.29, 1.82) is 0 Å². The van der Waals surface area contributed by atoms with Crippen LogP contribution in [0.3, 0.4) is 0 Å². The fourth-order valence-corrected chi connectivity index (χ4v) is 4.52. The Morgan fingerprint density at radius 3 is 2.57 bits per heavy atom. The van der Waals surface area contributed by atoms with Crippen LogP contribution >= 0.6 is 0 Å². The number of aliphatic carboxylic acids is 1. The molecule has 0 saturated heterocycles. The Bertz CT molecular complexity index is 1130. The van der Waals surface area contributed by atoms with Crippen LogP contribution in [0.1, 0.15) is 30.7 Å². The van der Waals surface area contributed by atoms with Crippen LogP contribution in [-0.4, -0.2) is 62.6 Å². The average molecular weight is 478 g/mol. The maximum atomic E-state index is 13.2. The topological polar surface area (TPSA) is 91.6 Å². The van der Waals surface area contributed by atoms with E-state index in [1.165, 1.54) is 17.0 Å². The molecule has 3 atom stereocenters. The highest BCUT2D eigenvalue weighted by Crippen LogP contribution is 2.44. The third kappa shape index (κ3) is 5.81. The van der Waals surface area contributed by atoms with Crippen LogP contribution in [0.25, 0.3) is 5.69 Å². The predicted molar refractivity (Wildman–Crippen MR) is 130 cm³/mol. The summed E-state index contributed by atoms with van der Waals surface area (Å²) in [5.41, 5.74) is 2.36. The lowest BCUT2D eigenvalue weighted by Crippen LogP contribution is -2.41. The number of hydrogen-bond donors (Lipinski definition) is 1. The summed E-state index contributed by atoms with van der Waals surface area (Å²) in [6.07, 6.45) is 7.53. The Morgan fingerprint density at radius 1 is 1.23 bits per heavy atom. The molecule has 1 amide bonds. The molecule has 35 heavy (non-hydrogen) atoms. The standard InChI is InChI=1S/C26H28FN5O3/c1-2-14-30(25-17-23(25)19-5-7-20(27)8-6-19)15-3-4-24(26(34)35)31(18-33)21-9-11-22(12-10-21)32-16-13-28-29-32/h2,5-13,16,18,23-25H,1,3-4,14-15,17H2,(H,34,35)/t23-,24-,25+/m0/s1. The van der Waals surface area contributed by atoms with Crippen LogP contribution in [0, 0.1) is 5.82 Å². The van der Waals surface area contributed by atoms with Crippen LogP contribution in [0.2, 0.25) is 0 Å². The van der Waals surface area contributed by atoms with Gasteiger partial charge in [-0.2, -0.15) is 0 Å². The van der Waals surface area contributed by atoms with Crippen LogP contribution in [-0.2, 0) is 9.59 Å². The van der Waals surface area contributed by atoms with Crippen molar-refractivity contribution in [2.45, 2.75) is 37.3 Å². The third-order valence-corrected chi connectivity index (χ3v) is 6.38. The van der Waals surface area contributed by atoms with Gasteiger partial charge >= 0.3 is 5.97 Å². The predicted octanol–water partition coefficient (Wildman–Crippen LogP) is 3.65. The van der Waals surface area contributed by atoms with Gasteiger partial charge in [0.05, 0.1) is 18.1 Å². The molecule has 1 aromatic heterocycles. The van der Waals surface area contributed by atoms with Gasteiger partial charge in [0.25, 0.3) is 0 Å². The van der Waals surface area contributed by atoms with Crippen molar-refractivity contribution in [1.82, 2.24) is 19.9 Å². The molecule has 0 unspecified atom stereocenters. The number of benzene rings is 2. The van der Waals surface area contributed by atoms with E-state index in [0.717, 1.165) is 17.7 Å². The minimum Gasteiger partial charge on any atom is -0.480 e. The molecule has 1 aliphatic rings. The van der Waals surface area contributed by atoms with Gasteiger partial charge in [-0.1, -0.05) is 23.4 Å². The SMILES string of the molecule is C=CCN(CCC[C@@H](C(=O)O)N(C=O)c1ccc(-n2ccnn2)cc1)[C@@H]1C[C@H]1c1ccc(F)cc1. The van der Waals surface area contributed by atoms with Crippen molar-refractivity contribution >= 4 is 18.1 Å². The molecular weight excluding hydrogens is 449 g/mol. The maximum absolute atomic E-state index is 13.2. The minimum atomic E-state index is -1.05. The van der Waals surface area contributed by atoms with Crippen molar-refractivity contribution < 1.29 is 19.1 Å². The van der Waals surface area contributed by atoms with Crippen LogP contribution < -0.4 is 4.90 Å². The Hall–Kier alpha value is -3.85. The Labute approximate surface area is 203 Å². The lowest BCUT2D eigenvalue weighted by molar-refractivity contribution is -0.139. The second-order valence-corrected chi connectivity index (χ2v) is 8.62. The molecule has 9 heteroatoms. The highest BCUT2D eigenvalue weighted by molar-refractivity contribution is 5.88. The number of carboxylic acids is 1. The van der Waals surface area contributed by atoms with Gasteiger partial charge in [0.1, 0.15) is 11.9 Å². The van der Waals surface area contributed by atoms with Crippen molar-refractivity contribution in [3.8, 4) is 5.69 Å². The number of aromatic nitrogens is 3. The van der Waals surface area contributed by atoms with Crippen LogP contribution in [0.5, 0.6) is 0 Å². The quantitative estimate of drug-likeness (QED) is 0.299. The summed E-state index contributed by atoms with van der Waals surface area (Å²) in [6.45, 7) is 5.21. The Balaban J connectivity index is 1.38. The summed E-state index contributed by atoms with van der Waals surface area (Å²) in [5.74, 6) is -0.967. The molecule has 8 nitrogen and oxygen atoms in total. The summed E-state index contributed by atoms with van der Waals surface area (Å²) in [6, 6.07) is 12.8. The summed E-state index contributed by atoms with van der Waals surface area (Å²) in [5, 5.41) is 17.6. The highest BCUT2D eigenvalue weighted by Gasteiger charge is 2.42. The molecule has 2 aromatic carbocycles. The summed E-state index contributed by atoms with van der Waals surface area (Å²) in [4.78, 5) is 27.5. The third-order valence-electron chi connectivity index (χ3n) is 6.38.